The monoisotopic (exact) mass is 524 g/mol. The fourth-order valence-corrected chi connectivity index (χ4v) is 5.51. The molecule has 0 bridgehead atoms. The molecule has 0 saturated carbocycles. The second-order valence-corrected chi connectivity index (χ2v) is 10.1. The zero-order chi connectivity index (χ0) is 26.6. The van der Waals surface area contributed by atoms with Crippen molar-refractivity contribution in [3.05, 3.63) is 113 Å². The number of para-hydroxylation sites is 1. The highest BCUT2D eigenvalue weighted by molar-refractivity contribution is 7.80. The molecular weight excluding hydrogens is 492 g/mol. The largest absolute Gasteiger partial charge is 0.352 e. The van der Waals surface area contributed by atoms with Crippen molar-refractivity contribution in [3.63, 3.8) is 0 Å². The maximum atomic E-state index is 12.9. The Morgan fingerprint density at radius 3 is 2.53 bits per heavy atom. The van der Waals surface area contributed by atoms with Crippen LogP contribution in [-0.2, 0) is 11.3 Å². The molecule has 4 heterocycles. The van der Waals surface area contributed by atoms with E-state index in [1.807, 2.05) is 80.1 Å². The molecule has 2 N–H and O–H groups in total. The fourth-order valence-electron chi connectivity index (χ4n) is 5.17. The summed E-state index contributed by atoms with van der Waals surface area (Å²) >= 11 is 5.83. The highest BCUT2D eigenvalue weighted by Gasteiger charge is 2.41. The van der Waals surface area contributed by atoms with Crippen molar-refractivity contribution in [1.82, 2.24) is 24.8 Å². The van der Waals surface area contributed by atoms with E-state index in [4.69, 9.17) is 12.2 Å². The Balaban J connectivity index is 1.43. The number of hydrogen-bond acceptors (Lipinski definition) is 4. The van der Waals surface area contributed by atoms with Crippen LogP contribution in [0.2, 0.25) is 0 Å². The number of anilines is 1. The quantitative estimate of drug-likeness (QED) is 0.307. The molecule has 8 heteroatoms. The first-order chi connectivity index (χ1) is 18.4. The van der Waals surface area contributed by atoms with Crippen LogP contribution in [0.5, 0.6) is 0 Å². The van der Waals surface area contributed by atoms with Crippen LogP contribution in [0, 0.1) is 20.8 Å². The van der Waals surface area contributed by atoms with Gasteiger partial charge < -0.3 is 20.1 Å². The molecule has 1 amide bonds. The summed E-state index contributed by atoms with van der Waals surface area (Å²) in [5.41, 5.74) is 7.51. The van der Waals surface area contributed by atoms with E-state index in [-0.39, 0.29) is 18.0 Å². The van der Waals surface area contributed by atoms with Gasteiger partial charge in [-0.3, -0.25) is 14.8 Å². The van der Waals surface area contributed by atoms with Crippen LogP contribution in [0.4, 0.5) is 5.69 Å². The van der Waals surface area contributed by atoms with Crippen LogP contribution >= 0.6 is 12.2 Å². The molecule has 1 saturated heterocycles. The summed E-state index contributed by atoms with van der Waals surface area (Å²) in [6.45, 7) is 7.53. The number of nitrogens with zero attached hydrogens (tertiary/aromatic N) is 4. The minimum absolute atomic E-state index is 0.0368. The maximum Gasteiger partial charge on any atom is 0.226 e. The number of amides is 1. The van der Waals surface area contributed by atoms with Gasteiger partial charge in [0.1, 0.15) is 0 Å². The molecule has 0 radical (unpaired) electrons. The highest BCUT2D eigenvalue weighted by atomic mass is 32.1. The zero-order valence-corrected chi connectivity index (χ0v) is 22.7. The Bertz CT molecular complexity index is 1440. The Kier molecular flexibility index (Phi) is 7.51. The van der Waals surface area contributed by atoms with Crippen molar-refractivity contribution in [3.8, 4) is 0 Å². The van der Waals surface area contributed by atoms with Crippen LogP contribution in [0.3, 0.4) is 0 Å². The van der Waals surface area contributed by atoms with Gasteiger partial charge in [-0.1, -0.05) is 24.3 Å². The number of rotatable bonds is 8. The number of nitrogens with one attached hydrogen (secondary N) is 2. The molecule has 4 aromatic rings. The average molecular weight is 525 g/mol. The van der Waals surface area contributed by atoms with Crippen molar-refractivity contribution in [2.45, 2.75) is 45.8 Å². The third kappa shape index (κ3) is 5.31. The van der Waals surface area contributed by atoms with E-state index in [0.717, 1.165) is 23.5 Å². The minimum Gasteiger partial charge on any atom is -0.352 e. The van der Waals surface area contributed by atoms with Gasteiger partial charge in [0.05, 0.1) is 17.8 Å². The predicted octanol–water partition coefficient (Wildman–Crippen LogP) is 5.25. The first kappa shape index (κ1) is 25.6. The lowest BCUT2D eigenvalue weighted by molar-refractivity contribution is -0.116. The van der Waals surface area contributed by atoms with E-state index >= 15 is 0 Å². The Morgan fingerprint density at radius 2 is 1.79 bits per heavy atom. The molecule has 1 fully saturated rings. The Morgan fingerprint density at radius 1 is 1.03 bits per heavy atom. The molecule has 1 aliphatic heterocycles. The number of carbonyl (C=O) groups excluding carboxylic acids is 1. The molecule has 0 spiro atoms. The molecule has 7 nitrogen and oxygen atoms in total. The summed E-state index contributed by atoms with van der Waals surface area (Å²) in [5, 5.41) is 7.18. The first-order valence-corrected chi connectivity index (χ1v) is 13.2. The molecule has 3 aromatic heterocycles. The van der Waals surface area contributed by atoms with Crippen LogP contribution < -0.4 is 10.6 Å². The van der Waals surface area contributed by atoms with E-state index in [1.165, 1.54) is 22.5 Å². The highest BCUT2D eigenvalue weighted by Crippen LogP contribution is 2.41. The molecular formula is C30H32N6OS. The summed E-state index contributed by atoms with van der Waals surface area (Å²) in [5.74, 6) is -0.0368. The van der Waals surface area contributed by atoms with Crippen LogP contribution in [0.1, 0.15) is 52.3 Å². The molecule has 2 atom stereocenters. The number of carbonyl (C=O) groups is 1. The fraction of sp³-hybridized carbons (Fsp3) is 0.267. The molecule has 5 rings (SSSR count). The number of aromatic nitrogens is 3. The van der Waals surface area contributed by atoms with Gasteiger partial charge in [0.15, 0.2) is 5.11 Å². The maximum absolute atomic E-state index is 12.9. The topological polar surface area (TPSA) is 75.1 Å². The van der Waals surface area contributed by atoms with Gasteiger partial charge in [0.2, 0.25) is 5.91 Å². The van der Waals surface area contributed by atoms with Gasteiger partial charge in [0.25, 0.3) is 0 Å². The second-order valence-electron chi connectivity index (χ2n) is 9.70. The minimum atomic E-state index is -0.127. The average Bonchev–Trinajstić information content (AvgIpc) is 3.40. The zero-order valence-electron chi connectivity index (χ0n) is 21.9. The van der Waals surface area contributed by atoms with Crippen LogP contribution in [-0.4, -0.2) is 37.0 Å². The van der Waals surface area contributed by atoms with E-state index in [2.05, 4.69) is 50.0 Å². The number of aryl methyl sites for hydroxylation is 2. The Labute approximate surface area is 228 Å². The molecule has 1 aromatic carbocycles. The van der Waals surface area contributed by atoms with Crippen molar-refractivity contribution < 1.29 is 4.79 Å². The van der Waals surface area contributed by atoms with Crippen LogP contribution in [0.25, 0.3) is 0 Å². The van der Waals surface area contributed by atoms with Gasteiger partial charge in [-0.05, 0) is 86.1 Å². The lowest BCUT2D eigenvalue weighted by Crippen LogP contribution is -2.33. The molecule has 1 aliphatic rings. The number of thiocarbonyl (C=S) groups is 1. The van der Waals surface area contributed by atoms with E-state index in [1.54, 1.807) is 0 Å². The van der Waals surface area contributed by atoms with Gasteiger partial charge >= 0.3 is 0 Å². The Hall–Kier alpha value is -4.04. The SMILES string of the molecule is Cc1ccccc1NC(=O)CCN1C(=S)N[C@@H](c2ccccn2)[C@@H]1c1cc(C)n(Cc2ccncc2)c1C. The lowest BCUT2D eigenvalue weighted by Gasteiger charge is -2.28. The van der Waals surface area contributed by atoms with Crippen molar-refractivity contribution in [2.24, 2.45) is 0 Å². The number of benzene rings is 1. The van der Waals surface area contributed by atoms with Gasteiger partial charge in [-0.2, -0.15) is 0 Å². The van der Waals surface area contributed by atoms with E-state index in [9.17, 15) is 4.79 Å². The normalized spacial score (nSPS) is 16.9. The second kappa shape index (κ2) is 11.1. The first-order valence-electron chi connectivity index (χ1n) is 12.8. The van der Waals surface area contributed by atoms with Crippen molar-refractivity contribution in [2.75, 3.05) is 11.9 Å². The van der Waals surface area contributed by atoms with E-state index < -0.39 is 0 Å². The van der Waals surface area contributed by atoms with Gasteiger partial charge in [0, 0.05) is 55.2 Å². The lowest BCUT2D eigenvalue weighted by atomic mass is 9.96. The van der Waals surface area contributed by atoms with Gasteiger partial charge in [-0.25, -0.2) is 0 Å². The predicted molar refractivity (Wildman–Crippen MR) is 154 cm³/mol. The summed E-state index contributed by atoms with van der Waals surface area (Å²) in [6.07, 6.45) is 5.77. The third-order valence-electron chi connectivity index (χ3n) is 7.22. The van der Waals surface area contributed by atoms with Gasteiger partial charge in [-0.15, -0.1) is 0 Å². The van der Waals surface area contributed by atoms with Crippen molar-refractivity contribution in [1.29, 1.82) is 0 Å². The van der Waals surface area contributed by atoms with Crippen LogP contribution in [0.15, 0.2) is 79.3 Å². The summed E-state index contributed by atoms with van der Waals surface area (Å²) in [7, 11) is 0. The standard InChI is InChI=1S/C30H32N6OS/c1-20-8-4-5-9-25(20)33-27(37)13-17-35-29(28(34-30(35)38)26-10-6-7-14-32-26)24-18-21(2)36(22(24)3)19-23-11-15-31-16-12-23/h4-12,14-16,18,28-29H,13,17,19H2,1-3H3,(H,33,37)(H,34,38)/t28-,29-/m0/s1. The molecule has 194 valence electrons. The molecule has 0 aliphatic carbocycles. The van der Waals surface area contributed by atoms with E-state index in [0.29, 0.717) is 18.1 Å². The third-order valence-corrected chi connectivity index (χ3v) is 7.57. The number of hydrogen-bond donors (Lipinski definition) is 2. The molecule has 0 unspecified atom stereocenters. The smallest absolute Gasteiger partial charge is 0.226 e. The summed E-state index contributed by atoms with van der Waals surface area (Å²) in [4.78, 5) is 23.9. The number of pyridine rings is 2. The summed E-state index contributed by atoms with van der Waals surface area (Å²) < 4.78 is 2.32. The van der Waals surface area contributed by atoms with Crippen molar-refractivity contribution >= 4 is 28.9 Å². The molecule has 38 heavy (non-hydrogen) atoms. The summed E-state index contributed by atoms with van der Waals surface area (Å²) in [6, 6.07) is 19.8.